The monoisotopic (exact) mass is 469 g/mol. The lowest BCUT2D eigenvalue weighted by Crippen LogP contribution is -2.15. The van der Waals surface area contributed by atoms with Crippen LogP contribution in [0.15, 0.2) is 72.1 Å². The Bertz CT molecular complexity index is 1230. The zero-order chi connectivity index (χ0) is 21.8. The number of carbonyl (C=O) groups is 1. The highest BCUT2D eigenvalue weighted by Gasteiger charge is 2.18. The van der Waals surface area contributed by atoms with Crippen molar-refractivity contribution in [1.29, 1.82) is 0 Å². The molecule has 6 nitrogen and oxygen atoms in total. The quantitative estimate of drug-likeness (QED) is 0.368. The molecule has 31 heavy (non-hydrogen) atoms. The molecule has 0 saturated carbocycles. The number of hydrogen-bond acceptors (Lipinski definition) is 5. The maximum absolute atomic E-state index is 12.5. The average molecular weight is 470 g/mol. The summed E-state index contributed by atoms with van der Waals surface area (Å²) in [5.41, 5.74) is 3.42. The van der Waals surface area contributed by atoms with E-state index in [0.717, 1.165) is 16.8 Å². The number of thioether (sulfide) groups is 1. The third kappa shape index (κ3) is 5.07. The number of anilines is 1. The minimum Gasteiger partial charge on any atom is -0.324 e. The van der Waals surface area contributed by atoms with Crippen molar-refractivity contribution >= 4 is 46.6 Å². The Morgan fingerprint density at radius 3 is 2.61 bits per heavy atom. The maximum Gasteiger partial charge on any atom is 0.234 e. The first-order valence-corrected chi connectivity index (χ1v) is 11.1. The van der Waals surface area contributed by atoms with E-state index in [1.807, 2.05) is 47.9 Å². The highest BCUT2D eigenvalue weighted by molar-refractivity contribution is 7.99. The van der Waals surface area contributed by atoms with E-state index < -0.39 is 0 Å². The second-order valence-corrected chi connectivity index (χ2v) is 8.46. The van der Waals surface area contributed by atoms with Gasteiger partial charge >= 0.3 is 0 Å². The van der Waals surface area contributed by atoms with Crippen LogP contribution in [0.3, 0.4) is 0 Å². The molecule has 0 radical (unpaired) electrons. The molecule has 1 amide bonds. The molecule has 0 spiro atoms. The Hall–Kier alpha value is -2.87. The predicted molar refractivity (Wildman–Crippen MR) is 125 cm³/mol. The van der Waals surface area contributed by atoms with E-state index in [-0.39, 0.29) is 11.7 Å². The van der Waals surface area contributed by atoms with Gasteiger partial charge in [-0.15, -0.1) is 10.2 Å². The summed E-state index contributed by atoms with van der Waals surface area (Å²) >= 11 is 13.3. The number of aromatic nitrogens is 4. The molecule has 2 aromatic heterocycles. The number of pyridine rings is 1. The highest BCUT2D eigenvalue weighted by Crippen LogP contribution is 2.29. The van der Waals surface area contributed by atoms with Crippen molar-refractivity contribution in [3.63, 3.8) is 0 Å². The number of halogens is 2. The van der Waals surface area contributed by atoms with Gasteiger partial charge in [0.15, 0.2) is 11.0 Å². The van der Waals surface area contributed by atoms with Crippen LogP contribution in [-0.2, 0) is 4.79 Å². The fourth-order valence-electron chi connectivity index (χ4n) is 2.96. The Balaban J connectivity index is 1.59. The van der Waals surface area contributed by atoms with Crippen LogP contribution < -0.4 is 5.32 Å². The predicted octanol–water partition coefficient (Wildman–Crippen LogP) is 5.68. The summed E-state index contributed by atoms with van der Waals surface area (Å²) in [6.07, 6.45) is 3.42. The molecule has 0 atom stereocenters. The summed E-state index contributed by atoms with van der Waals surface area (Å²) in [7, 11) is 0. The minimum absolute atomic E-state index is 0.138. The van der Waals surface area contributed by atoms with Crippen LogP contribution in [0.25, 0.3) is 17.1 Å². The number of amides is 1. The number of rotatable bonds is 6. The Labute approximate surface area is 193 Å². The van der Waals surface area contributed by atoms with Crippen LogP contribution in [-0.4, -0.2) is 31.4 Å². The minimum atomic E-state index is -0.210. The Morgan fingerprint density at radius 1 is 1.06 bits per heavy atom. The average Bonchev–Trinajstić information content (AvgIpc) is 3.19. The number of nitrogens with zero attached hydrogens (tertiary/aromatic N) is 4. The number of aryl methyl sites for hydroxylation is 1. The van der Waals surface area contributed by atoms with E-state index in [2.05, 4.69) is 20.5 Å². The molecule has 1 N–H and O–H groups in total. The molecule has 9 heteroatoms. The number of benzene rings is 2. The molecule has 4 rings (SSSR count). The Morgan fingerprint density at radius 2 is 1.87 bits per heavy atom. The third-order valence-corrected chi connectivity index (χ3v) is 5.85. The summed E-state index contributed by atoms with van der Waals surface area (Å²) in [5.74, 6) is 0.606. The molecule has 156 valence electrons. The third-order valence-electron chi connectivity index (χ3n) is 4.37. The van der Waals surface area contributed by atoms with Gasteiger partial charge in [-0.3, -0.25) is 14.3 Å². The van der Waals surface area contributed by atoms with Gasteiger partial charge in [0.1, 0.15) is 0 Å². The van der Waals surface area contributed by atoms with Crippen molar-refractivity contribution in [1.82, 2.24) is 19.7 Å². The zero-order valence-corrected chi connectivity index (χ0v) is 18.7. The van der Waals surface area contributed by atoms with E-state index in [4.69, 9.17) is 23.2 Å². The lowest BCUT2D eigenvalue weighted by Gasteiger charge is -2.11. The van der Waals surface area contributed by atoms with Crippen molar-refractivity contribution in [2.24, 2.45) is 0 Å². The maximum atomic E-state index is 12.5. The molecule has 0 aliphatic rings. The van der Waals surface area contributed by atoms with Crippen LogP contribution in [0, 0.1) is 6.92 Å². The lowest BCUT2D eigenvalue weighted by molar-refractivity contribution is -0.113. The first-order valence-electron chi connectivity index (χ1n) is 9.32. The Kier molecular flexibility index (Phi) is 6.56. The lowest BCUT2D eigenvalue weighted by atomic mass is 10.2. The van der Waals surface area contributed by atoms with Gasteiger partial charge in [-0.1, -0.05) is 47.1 Å². The molecule has 0 saturated heterocycles. The molecular weight excluding hydrogens is 453 g/mol. The fourth-order valence-corrected chi connectivity index (χ4v) is 4.17. The van der Waals surface area contributed by atoms with Crippen LogP contribution in [0.4, 0.5) is 5.69 Å². The summed E-state index contributed by atoms with van der Waals surface area (Å²) in [6, 6.07) is 16.7. The van der Waals surface area contributed by atoms with E-state index in [0.29, 0.717) is 26.7 Å². The topological polar surface area (TPSA) is 72.7 Å². The van der Waals surface area contributed by atoms with E-state index >= 15 is 0 Å². The normalized spacial score (nSPS) is 10.8. The first-order chi connectivity index (χ1) is 15.0. The number of carbonyl (C=O) groups excluding carboxylic acids is 1. The van der Waals surface area contributed by atoms with Crippen molar-refractivity contribution in [3.05, 3.63) is 82.6 Å². The van der Waals surface area contributed by atoms with E-state index in [9.17, 15) is 4.79 Å². The van der Waals surface area contributed by atoms with Crippen molar-refractivity contribution < 1.29 is 4.79 Å². The van der Waals surface area contributed by atoms with Crippen LogP contribution >= 0.6 is 35.0 Å². The molecule has 4 aromatic rings. The summed E-state index contributed by atoms with van der Waals surface area (Å²) < 4.78 is 1.94. The summed E-state index contributed by atoms with van der Waals surface area (Å²) in [6.45, 7) is 2.02. The SMILES string of the molecule is Cc1cccc(-n2c(SCC(=O)Nc3ccc(Cl)cc3Cl)nnc2-c2ccncc2)c1. The fraction of sp³-hybridized carbons (Fsp3) is 0.0909. The molecule has 0 aliphatic heterocycles. The van der Waals surface area contributed by atoms with Gasteiger partial charge in [0, 0.05) is 28.7 Å². The van der Waals surface area contributed by atoms with Crippen LogP contribution in [0.2, 0.25) is 10.0 Å². The number of hydrogen-bond donors (Lipinski definition) is 1. The van der Waals surface area contributed by atoms with E-state index in [1.165, 1.54) is 11.8 Å². The van der Waals surface area contributed by atoms with E-state index in [1.54, 1.807) is 30.6 Å². The molecule has 2 heterocycles. The summed E-state index contributed by atoms with van der Waals surface area (Å²) in [4.78, 5) is 16.6. The smallest absolute Gasteiger partial charge is 0.234 e. The van der Waals surface area contributed by atoms with Crippen molar-refractivity contribution in [3.8, 4) is 17.1 Å². The second kappa shape index (κ2) is 9.51. The zero-order valence-electron chi connectivity index (χ0n) is 16.4. The molecule has 0 bridgehead atoms. The largest absolute Gasteiger partial charge is 0.324 e. The van der Waals surface area contributed by atoms with Gasteiger partial charge in [-0.2, -0.15) is 0 Å². The van der Waals surface area contributed by atoms with Crippen molar-refractivity contribution in [2.45, 2.75) is 12.1 Å². The van der Waals surface area contributed by atoms with Gasteiger partial charge in [-0.05, 0) is 55.0 Å². The standard InChI is InChI=1S/C22H17Cl2N5OS/c1-14-3-2-4-17(11-14)29-21(15-7-9-25-10-8-15)27-28-22(29)31-13-20(30)26-19-6-5-16(23)12-18(19)24/h2-12H,13H2,1H3,(H,26,30). The van der Waals surface area contributed by atoms with Gasteiger partial charge < -0.3 is 5.32 Å². The van der Waals surface area contributed by atoms with Gasteiger partial charge in [0.2, 0.25) is 5.91 Å². The molecule has 0 aliphatic carbocycles. The molecular formula is C22H17Cl2N5OS. The molecule has 2 aromatic carbocycles. The van der Waals surface area contributed by atoms with Gasteiger partial charge in [-0.25, -0.2) is 0 Å². The van der Waals surface area contributed by atoms with Gasteiger partial charge in [0.05, 0.1) is 16.5 Å². The highest BCUT2D eigenvalue weighted by atomic mass is 35.5. The first kappa shape index (κ1) is 21.4. The number of nitrogens with one attached hydrogen (secondary N) is 1. The van der Waals surface area contributed by atoms with Crippen molar-refractivity contribution in [2.75, 3.05) is 11.1 Å². The molecule has 0 fully saturated rings. The summed E-state index contributed by atoms with van der Waals surface area (Å²) in [5, 5.41) is 13.0. The molecule has 0 unspecified atom stereocenters. The van der Waals surface area contributed by atoms with Crippen LogP contribution in [0.5, 0.6) is 0 Å². The second-order valence-electron chi connectivity index (χ2n) is 6.68. The van der Waals surface area contributed by atoms with Crippen LogP contribution in [0.1, 0.15) is 5.56 Å². The van der Waals surface area contributed by atoms with Gasteiger partial charge in [0.25, 0.3) is 0 Å².